The zero-order chi connectivity index (χ0) is 20.1. The Morgan fingerprint density at radius 3 is 2.61 bits per heavy atom. The van der Waals surface area contributed by atoms with E-state index in [1.54, 1.807) is 36.7 Å². The van der Waals surface area contributed by atoms with Gasteiger partial charge in [0.1, 0.15) is 0 Å². The molecule has 3 aromatic rings. The summed E-state index contributed by atoms with van der Waals surface area (Å²) in [7, 11) is 0. The van der Waals surface area contributed by atoms with Gasteiger partial charge in [0, 0.05) is 34.2 Å². The second kappa shape index (κ2) is 8.57. The lowest BCUT2D eigenvalue weighted by Gasteiger charge is -2.17. The highest BCUT2D eigenvalue weighted by molar-refractivity contribution is 9.10. The summed E-state index contributed by atoms with van der Waals surface area (Å²) in [6.07, 6.45) is 3.22. The molecule has 0 fully saturated rings. The van der Waals surface area contributed by atoms with E-state index in [2.05, 4.69) is 31.5 Å². The SMILES string of the molecule is O=C(NCc1cccnc1)c1ccccc1NC(=O)C(F)(F)c1cscc1Br. The number of carbonyl (C=O) groups is 2. The summed E-state index contributed by atoms with van der Waals surface area (Å²) in [5, 5.41) is 7.52. The standard InChI is InChI=1S/C19H14BrF2N3O2S/c20-15-11-28-10-14(15)19(21,22)18(27)25-16-6-2-1-5-13(16)17(26)24-9-12-4-3-7-23-8-12/h1-8,10-11H,9H2,(H,24,26)(H,25,27). The lowest BCUT2D eigenvalue weighted by atomic mass is 10.1. The van der Waals surface area contributed by atoms with Crippen LogP contribution < -0.4 is 10.6 Å². The average Bonchev–Trinajstić information content (AvgIpc) is 3.14. The highest BCUT2D eigenvalue weighted by Crippen LogP contribution is 2.37. The van der Waals surface area contributed by atoms with Crippen LogP contribution in [0.25, 0.3) is 0 Å². The fourth-order valence-corrected chi connectivity index (χ4v) is 3.96. The molecule has 0 saturated heterocycles. The maximum atomic E-state index is 14.5. The van der Waals surface area contributed by atoms with Crippen LogP contribution in [-0.2, 0) is 17.3 Å². The molecule has 2 amide bonds. The van der Waals surface area contributed by atoms with Gasteiger partial charge in [-0.25, -0.2) is 0 Å². The molecular formula is C19H14BrF2N3O2S. The van der Waals surface area contributed by atoms with E-state index in [4.69, 9.17) is 0 Å². The lowest BCUT2D eigenvalue weighted by Crippen LogP contribution is -2.33. The molecule has 0 unspecified atom stereocenters. The minimum atomic E-state index is -3.75. The van der Waals surface area contributed by atoms with Crippen molar-refractivity contribution in [2.24, 2.45) is 0 Å². The minimum absolute atomic E-state index is 0.00205. The van der Waals surface area contributed by atoms with E-state index < -0.39 is 23.3 Å². The third-order valence-corrected chi connectivity index (χ3v) is 5.54. The third-order valence-electron chi connectivity index (χ3n) is 3.83. The predicted octanol–water partition coefficient (Wildman–Crippen LogP) is 4.57. The molecule has 2 aromatic heterocycles. The van der Waals surface area contributed by atoms with Gasteiger partial charge in [0.05, 0.1) is 16.8 Å². The topological polar surface area (TPSA) is 71.1 Å². The van der Waals surface area contributed by atoms with E-state index in [0.717, 1.165) is 16.9 Å². The molecule has 3 rings (SSSR count). The summed E-state index contributed by atoms with van der Waals surface area (Å²) in [6, 6.07) is 9.51. The number of para-hydroxylation sites is 1. The van der Waals surface area contributed by atoms with Crippen LogP contribution in [0.3, 0.4) is 0 Å². The number of carbonyl (C=O) groups excluding carboxylic acids is 2. The van der Waals surface area contributed by atoms with Crippen molar-refractivity contribution < 1.29 is 18.4 Å². The molecule has 0 bridgehead atoms. The van der Waals surface area contributed by atoms with Gasteiger partial charge in [-0.15, -0.1) is 0 Å². The molecule has 0 aliphatic heterocycles. The van der Waals surface area contributed by atoms with Crippen molar-refractivity contribution in [3.8, 4) is 0 Å². The van der Waals surface area contributed by atoms with Crippen LogP contribution in [0.1, 0.15) is 21.5 Å². The fraction of sp³-hybridized carbons (Fsp3) is 0.105. The monoisotopic (exact) mass is 465 g/mol. The second-order valence-electron chi connectivity index (χ2n) is 5.75. The molecule has 0 aliphatic rings. The lowest BCUT2D eigenvalue weighted by molar-refractivity contribution is -0.141. The number of nitrogens with one attached hydrogen (secondary N) is 2. The van der Waals surface area contributed by atoms with Crippen LogP contribution in [0, 0.1) is 0 Å². The Bertz CT molecular complexity index is 996. The van der Waals surface area contributed by atoms with Gasteiger partial charge in [-0.3, -0.25) is 14.6 Å². The van der Waals surface area contributed by atoms with E-state index in [9.17, 15) is 18.4 Å². The van der Waals surface area contributed by atoms with E-state index in [0.29, 0.717) is 0 Å². The normalized spacial score (nSPS) is 11.1. The van der Waals surface area contributed by atoms with Gasteiger partial charge in [-0.2, -0.15) is 20.1 Å². The summed E-state index contributed by atoms with van der Waals surface area (Å²) in [5.41, 5.74) is 0.446. The van der Waals surface area contributed by atoms with Crippen LogP contribution in [0.4, 0.5) is 14.5 Å². The van der Waals surface area contributed by atoms with Crippen molar-refractivity contribution in [3.05, 3.63) is 80.7 Å². The number of nitrogens with zero attached hydrogens (tertiary/aromatic N) is 1. The van der Waals surface area contributed by atoms with Gasteiger partial charge in [-0.1, -0.05) is 18.2 Å². The number of anilines is 1. The molecule has 0 saturated carbocycles. The highest BCUT2D eigenvalue weighted by atomic mass is 79.9. The van der Waals surface area contributed by atoms with Crippen LogP contribution in [0.5, 0.6) is 0 Å². The first kappa shape index (κ1) is 20.1. The first-order valence-electron chi connectivity index (χ1n) is 8.07. The predicted molar refractivity (Wildman–Crippen MR) is 106 cm³/mol. The first-order chi connectivity index (χ1) is 13.4. The molecule has 144 valence electrons. The molecule has 2 heterocycles. The smallest absolute Gasteiger partial charge is 0.348 e. The van der Waals surface area contributed by atoms with E-state index >= 15 is 0 Å². The molecule has 0 spiro atoms. The average molecular weight is 466 g/mol. The summed E-state index contributed by atoms with van der Waals surface area (Å²) < 4.78 is 29.1. The molecule has 5 nitrogen and oxygen atoms in total. The summed E-state index contributed by atoms with van der Waals surface area (Å²) >= 11 is 4.07. The van der Waals surface area contributed by atoms with Gasteiger partial charge in [0.15, 0.2) is 0 Å². The van der Waals surface area contributed by atoms with Crippen LogP contribution in [0.2, 0.25) is 0 Å². The number of alkyl halides is 2. The fourth-order valence-electron chi connectivity index (χ4n) is 2.40. The minimum Gasteiger partial charge on any atom is -0.348 e. The Hall–Kier alpha value is -2.65. The molecule has 2 N–H and O–H groups in total. The second-order valence-corrected chi connectivity index (χ2v) is 7.35. The van der Waals surface area contributed by atoms with Crippen molar-refractivity contribution in [3.63, 3.8) is 0 Å². The van der Waals surface area contributed by atoms with E-state index in [1.165, 1.54) is 22.9 Å². The molecule has 9 heteroatoms. The van der Waals surface area contributed by atoms with Gasteiger partial charge in [0.2, 0.25) is 0 Å². The molecule has 0 atom stereocenters. The first-order valence-corrected chi connectivity index (χ1v) is 9.80. The summed E-state index contributed by atoms with van der Waals surface area (Å²) in [4.78, 5) is 28.7. The number of thiophene rings is 1. The van der Waals surface area contributed by atoms with Crippen LogP contribution in [-0.4, -0.2) is 16.8 Å². The maximum Gasteiger partial charge on any atom is 0.351 e. The molecular weight excluding hydrogens is 452 g/mol. The van der Waals surface area contributed by atoms with Gasteiger partial charge < -0.3 is 10.6 Å². The van der Waals surface area contributed by atoms with E-state index in [-0.39, 0.29) is 22.3 Å². The Morgan fingerprint density at radius 1 is 1.14 bits per heavy atom. The number of aromatic nitrogens is 1. The Morgan fingerprint density at radius 2 is 1.93 bits per heavy atom. The summed E-state index contributed by atoms with van der Waals surface area (Å²) in [5.74, 6) is -5.77. The quantitative estimate of drug-likeness (QED) is 0.560. The molecule has 0 radical (unpaired) electrons. The maximum absolute atomic E-state index is 14.5. The number of amides is 2. The zero-order valence-corrected chi connectivity index (χ0v) is 16.7. The molecule has 0 aliphatic carbocycles. The van der Waals surface area contributed by atoms with Gasteiger partial charge in [-0.05, 0) is 39.7 Å². The number of halogens is 3. The Labute approximate surface area is 171 Å². The Balaban J connectivity index is 1.75. The van der Waals surface area contributed by atoms with Gasteiger partial charge in [0.25, 0.3) is 11.8 Å². The van der Waals surface area contributed by atoms with Crippen molar-refractivity contribution in [2.45, 2.75) is 12.5 Å². The summed E-state index contributed by atoms with van der Waals surface area (Å²) in [6.45, 7) is 0.215. The van der Waals surface area contributed by atoms with Crippen molar-refractivity contribution in [1.29, 1.82) is 0 Å². The highest BCUT2D eigenvalue weighted by Gasteiger charge is 2.43. The largest absolute Gasteiger partial charge is 0.351 e. The number of benzene rings is 1. The third kappa shape index (κ3) is 4.42. The number of rotatable bonds is 6. The molecule has 1 aromatic carbocycles. The van der Waals surface area contributed by atoms with Crippen molar-refractivity contribution >= 4 is 44.8 Å². The zero-order valence-electron chi connectivity index (χ0n) is 14.3. The number of pyridine rings is 1. The molecule has 28 heavy (non-hydrogen) atoms. The number of hydrogen-bond acceptors (Lipinski definition) is 4. The van der Waals surface area contributed by atoms with Crippen LogP contribution in [0.15, 0.2) is 64.0 Å². The van der Waals surface area contributed by atoms with Crippen molar-refractivity contribution in [1.82, 2.24) is 10.3 Å². The van der Waals surface area contributed by atoms with Crippen molar-refractivity contribution in [2.75, 3.05) is 5.32 Å². The van der Waals surface area contributed by atoms with Crippen LogP contribution >= 0.6 is 27.3 Å². The number of hydrogen-bond donors (Lipinski definition) is 2. The van der Waals surface area contributed by atoms with E-state index in [1.807, 2.05) is 0 Å². The van der Waals surface area contributed by atoms with Gasteiger partial charge >= 0.3 is 5.92 Å². The Kier molecular flexibility index (Phi) is 6.15.